The van der Waals surface area contributed by atoms with Crippen LogP contribution in [0.15, 0.2) is 45.2 Å². The molecule has 0 spiro atoms. The maximum atomic E-state index is 13.6. The highest BCUT2D eigenvalue weighted by atomic mass is 32.2. The number of aromatic nitrogens is 1. The smallest absolute Gasteiger partial charge is 0.260 e. The van der Waals surface area contributed by atoms with Crippen LogP contribution in [0.3, 0.4) is 0 Å². The Morgan fingerprint density at radius 1 is 1.50 bits per heavy atom. The quantitative estimate of drug-likeness (QED) is 0.769. The van der Waals surface area contributed by atoms with Crippen molar-refractivity contribution in [2.75, 3.05) is 0 Å². The van der Waals surface area contributed by atoms with Gasteiger partial charge in [0.05, 0.1) is 11.1 Å². The fourth-order valence-electron chi connectivity index (χ4n) is 1.24. The number of hydrogen-bond acceptors (Lipinski definition) is 4. The van der Waals surface area contributed by atoms with Crippen LogP contribution >= 0.6 is 11.8 Å². The highest BCUT2D eigenvalue weighted by Gasteiger charge is 2.15. The molecule has 1 aromatic carbocycles. The van der Waals surface area contributed by atoms with Gasteiger partial charge in [0.2, 0.25) is 0 Å². The van der Waals surface area contributed by atoms with Crippen molar-refractivity contribution < 1.29 is 13.6 Å². The second-order valence-electron chi connectivity index (χ2n) is 3.07. The van der Waals surface area contributed by atoms with Crippen LogP contribution < -0.4 is 0 Å². The summed E-state index contributed by atoms with van der Waals surface area (Å²) >= 11 is 1.00. The lowest BCUT2D eigenvalue weighted by Crippen LogP contribution is -1.97. The SMILES string of the molecule is CC(=O)c1cccc(F)c1Sc1ncco1. The zero-order valence-corrected chi connectivity index (χ0v) is 9.25. The molecule has 0 aliphatic heterocycles. The third-order valence-corrected chi connectivity index (χ3v) is 2.94. The van der Waals surface area contributed by atoms with E-state index in [2.05, 4.69) is 4.98 Å². The molecule has 0 unspecified atom stereocenters. The highest BCUT2D eigenvalue weighted by Crippen LogP contribution is 2.31. The van der Waals surface area contributed by atoms with Gasteiger partial charge in [-0.3, -0.25) is 4.79 Å². The number of halogens is 1. The van der Waals surface area contributed by atoms with Crippen molar-refractivity contribution in [3.8, 4) is 0 Å². The second kappa shape index (κ2) is 4.49. The van der Waals surface area contributed by atoms with Gasteiger partial charge in [0.15, 0.2) is 5.78 Å². The predicted molar refractivity (Wildman–Crippen MR) is 57.0 cm³/mol. The molecule has 16 heavy (non-hydrogen) atoms. The number of carbonyl (C=O) groups is 1. The fraction of sp³-hybridized carbons (Fsp3) is 0.0909. The van der Waals surface area contributed by atoms with E-state index < -0.39 is 5.82 Å². The minimum Gasteiger partial charge on any atom is -0.440 e. The zero-order valence-electron chi connectivity index (χ0n) is 8.44. The molecule has 1 heterocycles. The third kappa shape index (κ3) is 2.14. The van der Waals surface area contributed by atoms with Gasteiger partial charge in [-0.25, -0.2) is 9.37 Å². The van der Waals surface area contributed by atoms with E-state index >= 15 is 0 Å². The molecule has 0 atom stereocenters. The second-order valence-corrected chi connectivity index (χ2v) is 4.03. The lowest BCUT2D eigenvalue weighted by atomic mass is 10.1. The molecule has 0 amide bonds. The van der Waals surface area contributed by atoms with Gasteiger partial charge in [0, 0.05) is 5.56 Å². The topological polar surface area (TPSA) is 43.1 Å². The molecule has 0 saturated carbocycles. The van der Waals surface area contributed by atoms with E-state index in [0.29, 0.717) is 10.8 Å². The number of ketones is 1. The van der Waals surface area contributed by atoms with Gasteiger partial charge in [0.25, 0.3) is 5.22 Å². The summed E-state index contributed by atoms with van der Waals surface area (Å²) in [5.74, 6) is -0.635. The lowest BCUT2D eigenvalue weighted by Gasteiger charge is -2.04. The van der Waals surface area contributed by atoms with Gasteiger partial charge in [0.1, 0.15) is 12.1 Å². The van der Waals surface area contributed by atoms with Crippen LogP contribution in [-0.4, -0.2) is 10.8 Å². The molecule has 0 saturated heterocycles. The molecule has 0 aliphatic rings. The maximum absolute atomic E-state index is 13.6. The van der Waals surface area contributed by atoms with E-state index in [-0.39, 0.29) is 10.7 Å². The summed E-state index contributed by atoms with van der Waals surface area (Å²) in [7, 11) is 0. The standard InChI is InChI=1S/C11H8FNO2S/c1-7(14)8-3-2-4-9(12)10(8)16-11-13-5-6-15-11/h2-6H,1H3. The third-order valence-electron chi connectivity index (χ3n) is 1.95. The molecule has 5 heteroatoms. The van der Waals surface area contributed by atoms with E-state index in [1.54, 1.807) is 6.07 Å². The van der Waals surface area contributed by atoms with Crippen LogP contribution in [0.25, 0.3) is 0 Å². The molecule has 0 bridgehead atoms. The largest absolute Gasteiger partial charge is 0.440 e. The van der Waals surface area contributed by atoms with Gasteiger partial charge in [-0.05, 0) is 24.8 Å². The van der Waals surface area contributed by atoms with Gasteiger partial charge >= 0.3 is 0 Å². The first-order chi connectivity index (χ1) is 7.68. The van der Waals surface area contributed by atoms with Crippen molar-refractivity contribution >= 4 is 17.5 Å². The Kier molecular flexibility index (Phi) is 3.05. The van der Waals surface area contributed by atoms with Gasteiger partial charge < -0.3 is 4.42 Å². The molecule has 1 aromatic heterocycles. The number of nitrogens with zero attached hydrogens (tertiary/aromatic N) is 1. The number of hydrogen-bond donors (Lipinski definition) is 0. The van der Waals surface area contributed by atoms with Crippen molar-refractivity contribution in [1.29, 1.82) is 0 Å². The molecule has 0 N–H and O–H groups in total. The van der Waals surface area contributed by atoms with Crippen molar-refractivity contribution in [3.63, 3.8) is 0 Å². The molecular formula is C11H8FNO2S. The first-order valence-electron chi connectivity index (χ1n) is 4.55. The maximum Gasteiger partial charge on any atom is 0.260 e. The van der Waals surface area contributed by atoms with Crippen LogP contribution in [0, 0.1) is 5.82 Å². The average molecular weight is 237 g/mol. The van der Waals surface area contributed by atoms with Crippen molar-refractivity contribution in [3.05, 3.63) is 42.0 Å². The Hall–Kier alpha value is -1.62. The summed E-state index contributed by atoms with van der Waals surface area (Å²) in [4.78, 5) is 15.4. The van der Waals surface area contributed by atoms with Crippen LogP contribution in [0.5, 0.6) is 0 Å². The minimum atomic E-state index is -0.448. The molecule has 0 radical (unpaired) electrons. The Morgan fingerprint density at radius 2 is 2.31 bits per heavy atom. The minimum absolute atomic E-state index is 0.187. The van der Waals surface area contributed by atoms with E-state index in [1.165, 1.54) is 31.5 Å². The number of benzene rings is 1. The summed E-state index contributed by atoms with van der Waals surface area (Å²) in [5.41, 5.74) is 0.336. The Bertz CT molecular complexity index is 511. The summed E-state index contributed by atoms with van der Waals surface area (Å²) in [6, 6.07) is 4.39. The summed E-state index contributed by atoms with van der Waals surface area (Å²) in [5, 5.41) is 0.313. The van der Waals surface area contributed by atoms with E-state index in [0.717, 1.165) is 11.8 Å². The molecule has 2 rings (SSSR count). The first kappa shape index (κ1) is 10.9. The Morgan fingerprint density at radius 3 is 2.94 bits per heavy atom. The van der Waals surface area contributed by atoms with E-state index in [1.807, 2.05) is 0 Å². The molecule has 82 valence electrons. The zero-order chi connectivity index (χ0) is 11.5. The van der Waals surface area contributed by atoms with Crippen LogP contribution in [0.2, 0.25) is 0 Å². The number of carbonyl (C=O) groups excluding carboxylic acids is 1. The number of Topliss-reactive ketones (excluding diaryl/α,β-unsaturated/α-hetero) is 1. The lowest BCUT2D eigenvalue weighted by molar-refractivity contribution is 0.101. The van der Waals surface area contributed by atoms with Crippen LogP contribution in [0.4, 0.5) is 4.39 Å². The number of rotatable bonds is 3. The molecule has 2 aromatic rings. The monoisotopic (exact) mass is 237 g/mol. The van der Waals surface area contributed by atoms with E-state index in [4.69, 9.17) is 4.42 Å². The van der Waals surface area contributed by atoms with Crippen LogP contribution in [0.1, 0.15) is 17.3 Å². The first-order valence-corrected chi connectivity index (χ1v) is 5.37. The Balaban J connectivity index is 2.42. The normalized spacial score (nSPS) is 10.4. The summed E-state index contributed by atoms with van der Waals surface area (Å²) in [6.07, 6.45) is 2.87. The van der Waals surface area contributed by atoms with Crippen LogP contribution in [-0.2, 0) is 0 Å². The summed E-state index contributed by atoms with van der Waals surface area (Å²) in [6.45, 7) is 1.40. The number of oxazole rings is 1. The molecule has 0 fully saturated rings. The van der Waals surface area contributed by atoms with E-state index in [9.17, 15) is 9.18 Å². The highest BCUT2D eigenvalue weighted by molar-refractivity contribution is 7.99. The van der Waals surface area contributed by atoms with Gasteiger partial charge in [-0.1, -0.05) is 12.1 Å². The average Bonchev–Trinajstić information content (AvgIpc) is 2.73. The molecule has 3 nitrogen and oxygen atoms in total. The fourth-order valence-corrected chi connectivity index (χ4v) is 2.12. The molecule has 0 aliphatic carbocycles. The van der Waals surface area contributed by atoms with Crippen molar-refractivity contribution in [2.24, 2.45) is 0 Å². The van der Waals surface area contributed by atoms with Crippen molar-refractivity contribution in [1.82, 2.24) is 4.98 Å². The predicted octanol–water partition coefficient (Wildman–Crippen LogP) is 3.17. The van der Waals surface area contributed by atoms with Crippen molar-refractivity contribution in [2.45, 2.75) is 17.0 Å². The Labute approximate surface area is 95.7 Å². The van der Waals surface area contributed by atoms with Gasteiger partial charge in [-0.15, -0.1) is 0 Å². The molecular weight excluding hydrogens is 229 g/mol. The summed E-state index contributed by atoms with van der Waals surface area (Å²) < 4.78 is 18.6. The van der Waals surface area contributed by atoms with Gasteiger partial charge in [-0.2, -0.15) is 0 Å².